The van der Waals surface area contributed by atoms with Gasteiger partial charge in [0.1, 0.15) is 5.82 Å². The molecule has 154 valence electrons. The molecule has 28 heavy (non-hydrogen) atoms. The Morgan fingerprint density at radius 2 is 1.96 bits per heavy atom. The highest BCUT2D eigenvalue weighted by molar-refractivity contribution is 5.80. The van der Waals surface area contributed by atoms with E-state index in [4.69, 9.17) is 0 Å². The van der Waals surface area contributed by atoms with E-state index in [2.05, 4.69) is 35.5 Å². The zero-order valence-corrected chi connectivity index (χ0v) is 17.6. The van der Waals surface area contributed by atoms with Gasteiger partial charge in [-0.3, -0.25) is 4.79 Å². The van der Waals surface area contributed by atoms with Crippen LogP contribution in [-0.2, 0) is 4.79 Å². The van der Waals surface area contributed by atoms with Crippen LogP contribution in [0.5, 0.6) is 0 Å². The zero-order valence-electron chi connectivity index (χ0n) is 17.6. The number of likely N-dealkylation sites (tertiary alicyclic amines) is 2. The first-order chi connectivity index (χ1) is 13.3. The Hall–Kier alpha value is -1.62. The normalized spacial score (nSPS) is 28.4. The third kappa shape index (κ3) is 3.42. The molecule has 3 saturated heterocycles. The highest BCUT2D eigenvalue weighted by atomic mass is 19.1. The lowest BCUT2D eigenvalue weighted by Gasteiger charge is -2.39. The summed E-state index contributed by atoms with van der Waals surface area (Å²) in [6, 6.07) is 6.90. The average molecular weight is 388 g/mol. The number of amides is 1. The monoisotopic (exact) mass is 387 g/mol. The van der Waals surface area contributed by atoms with Crippen LogP contribution in [0.1, 0.15) is 52.9 Å². The Kier molecular flexibility index (Phi) is 5.15. The first kappa shape index (κ1) is 19.7. The van der Waals surface area contributed by atoms with Crippen LogP contribution in [0, 0.1) is 11.7 Å². The minimum absolute atomic E-state index is 0.0950. The molecule has 1 aromatic carbocycles. The first-order valence-corrected chi connectivity index (χ1v) is 10.9. The molecule has 1 spiro atoms. The lowest BCUT2D eigenvalue weighted by atomic mass is 9.86. The van der Waals surface area contributed by atoms with Crippen LogP contribution >= 0.6 is 0 Å². The fourth-order valence-corrected chi connectivity index (χ4v) is 5.90. The molecule has 0 saturated carbocycles. The summed E-state index contributed by atoms with van der Waals surface area (Å²) >= 11 is 0. The van der Waals surface area contributed by atoms with E-state index < -0.39 is 0 Å². The number of carbonyl (C=O) groups excluding carboxylic acids is 1. The molecule has 4 rings (SSSR count). The summed E-state index contributed by atoms with van der Waals surface area (Å²) < 4.78 is 13.9. The molecule has 4 nitrogen and oxygen atoms in total. The highest BCUT2D eigenvalue weighted by Gasteiger charge is 2.55. The zero-order chi connectivity index (χ0) is 19.9. The molecule has 0 aliphatic carbocycles. The smallest absolute Gasteiger partial charge is 0.226 e. The van der Waals surface area contributed by atoms with Gasteiger partial charge < -0.3 is 14.7 Å². The molecule has 1 aromatic rings. The van der Waals surface area contributed by atoms with Crippen molar-refractivity contribution >= 4 is 11.6 Å². The minimum Gasteiger partial charge on any atom is -0.364 e. The lowest BCUT2D eigenvalue weighted by Crippen LogP contribution is -2.52. The fraction of sp³-hybridized carbons (Fsp3) is 0.696. The van der Waals surface area contributed by atoms with Gasteiger partial charge in [0.25, 0.3) is 0 Å². The molecule has 1 unspecified atom stereocenters. The molecule has 3 aliphatic rings. The van der Waals surface area contributed by atoms with E-state index in [0.717, 1.165) is 70.5 Å². The van der Waals surface area contributed by atoms with Crippen molar-refractivity contribution in [2.24, 2.45) is 5.92 Å². The van der Waals surface area contributed by atoms with Crippen LogP contribution in [0.15, 0.2) is 24.3 Å². The number of piperidine rings is 1. The number of hydrogen-bond acceptors (Lipinski definition) is 3. The van der Waals surface area contributed by atoms with Gasteiger partial charge >= 0.3 is 0 Å². The third-order valence-electron chi connectivity index (χ3n) is 7.31. The van der Waals surface area contributed by atoms with Crippen molar-refractivity contribution in [3.05, 3.63) is 30.1 Å². The number of nitrogens with zero attached hydrogens (tertiary/aromatic N) is 3. The third-order valence-corrected chi connectivity index (χ3v) is 7.31. The molecule has 5 heteroatoms. The number of hydrogen-bond donors (Lipinski definition) is 0. The molecule has 1 amide bonds. The lowest BCUT2D eigenvalue weighted by molar-refractivity contribution is -0.140. The van der Waals surface area contributed by atoms with Crippen molar-refractivity contribution in [2.75, 3.05) is 37.6 Å². The Labute approximate surface area is 168 Å². The maximum Gasteiger partial charge on any atom is 0.226 e. The predicted octanol–water partition coefficient (Wildman–Crippen LogP) is 3.91. The topological polar surface area (TPSA) is 26.8 Å². The number of rotatable bonds is 3. The number of halogens is 1. The van der Waals surface area contributed by atoms with Gasteiger partial charge in [-0.2, -0.15) is 0 Å². The van der Waals surface area contributed by atoms with Gasteiger partial charge in [-0.25, -0.2) is 4.39 Å². The van der Waals surface area contributed by atoms with E-state index in [1.54, 1.807) is 12.1 Å². The van der Waals surface area contributed by atoms with Crippen LogP contribution in [0.2, 0.25) is 0 Å². The van der Waals surface area contributed by atoms with Crippen LogP contribution in [0.3, 0.4) is 0 Å². The standard InChI is InChI=1S/C23H34FN3O/c1-4-25-13-9-18(10-14-25)21(28)26-12-6-11-23(26)16-22(2,3)27(17-23)20-8-5-7-19(24)15-20/h5,7-8,15,18H,4,6,9-14,16-17H2,1-3H3. The molecular weight excluding hydrogens is 353 g/mol. The maximum atomic E-state index is 13.9. The average Bonchev–Trinajstić information content (AvgIpc) is 3.20. The Morgan fingerprint density at radius 1 is 1.21 bits per heavy atom. The van der Waals surface area contributed by atoms with Gasteiger partial charge in [0.2, 0.25) is 5.91 Å². The van der Waals surface area contributed by atoms with Gasteiger partial charge in [0, 0.05) is 30.2 Å². The van der Waals surface area contributed by atoms with E-state index in [1.165, 1.54) is 6.07 Å². The molecule has 0 radical (unpaired) electrons. The molecule has 0 bridgehead atoms. The molecule has 0 N–H and O–H groups in total. The molecule has 3 aliphatic heterocycles. The number of benzene rings is 1. The van der Waals surface area contributed by atoms with E-state index in [1.807, 2.05) is 6.07 Å². The molecule has 3 fully saturated rings. The van der Waals surface area contributed by atoms with Gasteiger partial charge in [-0.05, 0) is 83.8 Å². The van der Waals surface area contributed by atoms with Crippen LogP contribution in [0.25, 0.3) is 0 Å². The van der Waals surface area contributed by atoms with E-state index in [0.29, 0.717) is 5.91 Å². The van der Waals surface area contributed by atoms with Crippen molar-refractivity contribution in [1.29, 1.82) is 0 Å². The molecule has 1 atom stereocenters. The molecule has 3 heterocycles. The van der Waals surface area contributed by atoms with Crippen LogP contribution in [-0.4, -0.2) is 59.5 Å². The van der Waals surface area contributed by atoms with Crippen molar-refractivity contribution in [2.45, 2.75) is 64.0 Å². The SMILES string of the molecule is CCN1CCC(C(=O)N2CCCC23CN(c2cccc(F)c2)C(C)(C)C3)CC1. The van der Waals surface area contributed by atoms with Gasteiger partial charge in [-0.15, -0.1) is 0 Å². The van der Waals surface area contributed by atoms with Crippen molar-refractivity contribution < 1.29 is 9.18 Å². The van der Waals surface area contributed by atoms with E-state index >= 15 is 0 Å². The van der Waals surface area contributed by atoms with Crippen molar-refractivity contribution in [3.63, 3.8) is 0 Å². The van der Waals surface area contributed by atoms with Crippen LogP contribution < -0.4 is 4.90 Å². The Balaban J connectivity index is 1.54. The van der Waals surface area contributed by atoms with Gasteiger partial charge in [0.05, 0.1) is 5.54 Å². The summed E-state index contributed by atoms with van der Waals surface area (Å²) in [7, 11) is 0. The second-order valence-electron chi connectivity index (χ2n) is 9.58. The maximum absolute atomic E-state index is 13.9. The minimum atomic E-state index is -0.198. The summed E-state index contributed by atoms with van der Waals surface area (Å²) in [6.07, 6.45) is 5.05. The highest BCUT2D eigenvalue weighted by Crippen LogP contribution is 2.47. The number of carbonyl (C=O) groups is 1. The first-order valence-electron chi connectivity index (χ1n) is 10.9. The van der Waals surface area contributed by atoms with E-state index in [9.17, 15) is 9.18 Å². The molecule has 0 aromatic heterocycles. The summed E-state index contributed by atoms with van der Waals surface area (Å²) in [5, 5.41) is 0. The molecular formula is C23H34FN3O. The quantitative estimate of drug-likeness (QED) is 0.787. The second kappa shape index (κ2) is 7.33. The summed E-state index contributed by atoms with van der Waals surface area (Å²) in [4.78, 5) is 20.5. The van der Waals surface area contributed by atoms with Gasteiger partial charge in [-0.1, -0.05) is 13.0 Å². The second-order valence-corrected chi connectivity index (χ2v) is 9.58. The van der Waals surface area contributed by atoms with Crippen molar-refractivity contribution in [3.8, 4) is 0 Å². The number of anilines is 1. The van der Waals surface area contributed by atoms with E-state index in [-0.39, 0.29) is 22.8 Å². The predicted molar refractivity (Wildman–Crippen MR) is 111 cm³/mol. The fourth-order valence-electron chi connectivity index (χ4n) is 5.90. The largest absolute Gasteiger partial charge is 0.364 e. The summed E-state index contributed by atoms with van der Waals surface area (Å²) in [5.74, 6) is 0.338. The summed E-state index contributed by atoms with van der Waals surface area (Å²) in [6.45, 7) is 11.5. The van der Waals surface area contributed by atoms with Gasteiger partial charge in [0.15, 0.2) is 0 Å². The summed E-state index contributed by atoms with van der Waals surface area (Å²) in [5.41, 5.74) is 0.731. The Morgan fingerprint density at radius 3 is 2.64 bits per heavy atom. The van der Waals surface area contributed by atoms with Crippen LogP contribution in [0.4, 0.5) is 10.1 Å². The van der Waals surface area contributed by atoms with Crippen molar-refractivity contribution in [1.82, 2.24) is 9.80 Å². The Bertz CT molecular complexity index is 728.